The minimum atomic E-state index is -3.14. The molecule has 4 heteroatoms. The van der Waals surface area contributed by atoms with Gasteiger partial charge in [0.15, 0.2) is 9.84 Å². The van der Waals surface area contributed by atoms with Crippen molar-refractivity contribution in [2.24, 2.45) is 0 Å². The monoisotopic (exact) mass is 297 g/mol. The van der Waals surface area contributed by atoms with Crippen LogP contribution in [0.25, 0.3) is 10.9 Å². The van der Waals surface area contributed by atoms with E-state index in [2.05, 4.69) is 11.1 Å². The molecule has 1 heterocycles. The summed E-state index contributed by atoms with van der Waals surface area (Å²) in [5, 5.41) is 1.13. The second-order valence-electron chi connectivity index (χ2n) is 5.08. The fraction of sp³-hybridized carbons (Fsp3) is 0.118. The van der Waals surface area contributed by atoms with Gasteiger partial charge in [-0.1, -0.05) is 30.3 Å². The molecule has 21 heavy (non-hydrogen) atoms. The first-order valence-electron chi connectivity index (χ1n) is 6.66. The van der Waals surface area contributed by atoms with E-state index in [0.717, 1.165) is 22.9 Å². The summed E-state index contributed by atoms with van der Waals surface area (Å²) < 4.78 is 22.9. The average molecular weight is 297 g/mol. The molecule has 0 aliphatic carbocycles. The SMILES string of the molecule is CS(=O)(=O)c1ccc(Cc2ccnc3ccccc23)cc1. The van der Waals surface area contributed by atoms with Crippen molar-refractivity contribution in [1.82, 2.24) is 4.98 Å². The van der Waals surface area contributed by atoms with Crippen molar-refractivity contribution in [3.63, 3.8) is 0 Å². The van der Waals surface area contributed by atoms with Crippen LogP contribution in [0, 0.1) is 0 Å². The molecule has 0 atom stereocenters. The number of nitrogens with zero attached hydrogens (tertiary/aromatic N) is 1. The van der Waals surface area contributed by atoms with Gasteiger partial charge in [0.05, 0.1) is 10.4 Å². The van der Waals surface area contributed by atoms with Crippen molar-refractivity contribution < 1.29 is 8.42 Å². The third-order valence-corrected chi connectivity index (χ3v) is 4.61. The molecule has 0 unspecified atom stereocenters. The molecule has 0 spiro atoms. The summed E-state index contributed by atoms with van der Waals surface area (Å²) in [7, 11) is -3.14. The molecule has 106 valence electrons. The molecular formula is C17H15NO2S. The van der Waals surface area contributed by atoms with E-state index in [4.69, 9.17) is 0 Å². The standard InChI is InChI=1S/C17H15NO2S/c1-21(19,20)15-8-6-13(7-9-15)12-14-10-11-18-17-5-3-2-4-16(14)17/h2-11H,12H2,1H3. The highest BCUT2D eigenvalue weighted by molar-refractivity contribution is 7.90. The van der Waals surface area contributed by atoms with Crippen molar-refractivity contribution in [2.45, 2.75) is 11.3 Å². The Hall–Kier alpha value is -2.20. The van der Waals surface area contributed by atoms with E-state index in [-0.39, 0.29) is 0 Å². The van der Waals surface area contributed by atoms with Crippen LogP contribution in [0.2, 0.25) is 0 Å². The van der Waals surface area contributed by atoms with Crippen LogP contribution in [0.5, 0.6) is 0 Å². The third kappa shape index (κ3) is 2.95. The van der Waals surface area contributed by atoms with Crippen LogP contribution in [-0.2, 0) is 16.3 Å². The smallest absolute Gasteiger partial charge is 0.175 e. The molecule has 3 nitrogen and oxygen atoms in total. The number of fused-ring (bicyclic) bond motifs is 1. The first-order valence-corrected chi connectivity index (χ1v) is 8.55. The summed E-state index contributed by atoms with van der Waals surface area (Å²) in [5.41, 5.74) is 3.24. The van der Waals surface area contributed by atoms with Crippen LogP contribution in [-0.4, -0.2) is 19.7 Å². The molecular weight excluding hydrogens is 282 g/mol. The Morgan fingerprint density at radius 3 is 2.38 bits per heavy atom. The maximum atomic E-state index is 11.5. The van der Waals surface area contributed by atoms with Gasteiger partial charge >= 0.3 is 0 Å². The first-order chi connectivity index (χ1) is 10.0. The lowest BCUT2D eigenvalue weighted by Crippen LogP contribution is -1.97. The molecule has 0 N–H and O–H groups in total. The minimum absolute atomic E-state index is 0.353. The summed E-state index contributed by atoms with van der Waals surface area (Å²) in [5.74, 6) is 0. The average Bonchev–Trinajstić information content (AvgIpc) is 2.47. The third-order valence-electron chi connectivity index (χ3n) is 3.49. The number of pyridine rings is 1. The lowest BCUT2D eigenvalue weighted by Gasteiger charge is -2.07. The number of benzene rings is 2. The van der Waals surface area contributed by atoms with Gasteiger partial charge in [-0.15, -0.1) is 0 Å². The molecule has 0 radical (unpaired) electrons. The second kappa shape index (κ2) is 5.30. The molecule has 0 amide bonds. The number of para-hydroxylation sites is 1. The summed E-state index contributed by atoms with van der Waals surface area (Å²) in [6.45, 7) is 0. The molecule has 0 fully saturated rings. The van der Waals surface area contributed by atoms with Gasteiger partial charge in [-0.25, -0.2) is 8.42 Å². The molecule has 0 saturated heterocycles. The predicted molar refractivity (Wildman–Crippen MR) is 84.1 cm³/mol. The number of rotatable bonds is 3. The molecule has 3 rings (SSSR count). The van der Waals surface area contributed by atoms with Gasteiger partial charge in [0.25, 0.3) is 0 Å². The molecule has 3 aromatic rings. The van der Waals surface area contributed by atoms with E-state index in [9.17, 15) is 8.42 Å². The molecule has 0 aliphatic heterocycles. The van der Waals surface area contributed by atoms with E-state index >= 15 is 0 Å². The Bertz CT molecular complexity index is 879. The summed E-state index contributed by atoms with van der Waals surface area (Å²) in [6, 6.07) is 17.1. The van der Waals surface area contributed by atoms with E-state index < -0.39 is 9.84 Å². The van der Waals surface area contributed by atoms with Gasteiger partial charge in [-0.2, -0.15) is 0 Å². The Balaban J connectivity index is 1.96. The van der Waals surface area contributed by atoms with Gasteiger partial charge in [0.2, 0.25) is 0 Å². The highest BCUT2D eigenvalue weighted by Gasteiger charge is 2.07. The zero-order valence-corrected chi connectivity index (χ0v) is 12.5. The lowest BCUT2D eigenvalue weighted by atomic mass is 10.0. The van der Waals surface area contributed by atoms with Gasteiger partial charge in [-0.05, 0) is 41.8 Å². The highest BCUT2D eigenvalue weighted by atomic mass is 32.2. The normalized spacial score (nSPS) is 11.7. The number of hydrogen-bond acceptors (Lipinski definition) is 3. The summed E-state index contributed by atoms with van der Waals surface area (Å²) >= 11 is 0. The number of aromatic nitrogens is 1. The van der Waals surface area contributed by atoms with E-state index in [0.29, 0.717) is 4.90 Å². The quantitative estimate of drug-likeness (QED) is 0.745. The van der Waals surface area contributed by atoms with Gasteiger partial charge in [0, 0.05) is 17.8 Å². The van der Waals surface area contributed by atoms with Crippen LogP contribution in [0.1, 0.15) is 11.1 Å². The van der Waals surface area contributed by atoms with E-state index in [1.54, 1.807) is 12.1 Å². The van der Waals surface area contributed by atoms with E-state index in [1.807, 2.05) is 42.6 Å². The van der Waals surface area contributed by atoms with Crippen molar-refractivity contribution in [2.75, 3.05) is 6.26 Å². The van der Waals surface area contributed by atoms with Gasteiger partial charge < -0.3 is 0 Å². The van der Waals surface area contributed by atoms with Crippen molar-refractivity contribution in [3.8, 4) is 0 Å². The predicted octanol–water partition coefficient (Wildman–Crippen LogP) is 3.23. The topological polar surface area (TPSA) is 47.0 Å². The zero-order chi connectivity index (χ0) is 14.9. The Kier molecular flexibility index (Phi) is 3.47. The van der Waals surface area contributed by atoms with Gasteiger partial charge in [0.1, 0.15) is 0 Å². The molecule has 0 saturated carbocycles. The van der Waals surface area contributed by atoms with Gasteiger partial charge in [-0.3, -0.25) is 4.98 Å². The molecule has 1 aromatic heterocycles. The van der Waals surface area contributed by atoms with Crippen LogP contribution < -0.4 is 0 Å². The Morgan fingerprint density at radius 2 is 1.67 bits per heavy atom. The Morgan fingerprint density at radius 1 is 0.952 bits per heavy atom. The van der Waals surface area contributed by atoms with Crippen LogP contribution in [0.15, 0.2) is 65.7 Å². The fourth-order valence-corrected chi connectivity index (χ4v) is 3.01. The molecule has 0 aliphatic rings. The van der Waals surface area contributed by atoms with Crippen molar-refractivity contribution >= 4 is 20.7 Å². The summed E-state index contributed by atoms with van der Waals surface area (Å²) in [6.07, 6.45) is 3.79. The largest absolute Gasteiger partial charge is 0.256 e. The fourth-order valence-electron chi connectivity index (χ4n) is 2.38. The Labute approximate surface area is 124 Å². The zero-order valence-electron chi connectivity index (χ0n) is 11.7. The van der Waals surface area contributed by atoms with Crippen LogP contribution >= 0.6 is 0 Å². The summed E-state index contributed by atoms with van der Waals surface area (Å²) in [4.78, 5) is 4.70. The molecule has 0 bridgehead atoms. The highest BCUT2D eigenvalue weighted by Crippen LogP contribution is 2.20. The minimum Gasteiger partial charge on any atom is -0.256 e. The number of sulfone groups is 1. The number of hydrogen-bond donors (Lipinski definition) is 0. The van der Waals surface area contributed by atoms with E-state index in [1.165, 1.54) is 11.8 Å². The maximum Gasteiger partial charge on any atom is 0.175 e. The van der Waals surface area contributed by atoms with Crippen molar-refractivity contribution in [3.05, 3.63) is 71.9 Å². The first kappa shape index (κ1) is 13.8. The van der Waals surface area contributed by atoms with Crippen LogP contribution in [0.4, 0.5) is 0 Å². The van der Waals surface area contributed by atoms with Crippen molar-refractivity contribution in [1.29, 1.82) is 0 Å². The van der Waals surface area contributed by atoms with Crippen LogP contribution in [0.3, 0.4) is 0 Å². The molecule has 2 aromatic carbocycles. The second-order valence-corrected chi connectivity index (χ2v) is 7.10. The maximum absolute atomic E-state index is 11.5. The lowest BCUT2D eigenvalue weighted by molar-refractivity contribution is 0.602.